The monoisotopic (exact) mass is 350 g/mol. The highest BCUT2D eigenvalue weighted by Gasteiger charge is 2.40. The van der Waals surface area contributed by atoms with Crippen LogP contribution in [0.4, 0.5) is 11.6 Å². The number of aromatic nitrogens is 6. The predicted octanol–water partition coefficient (Wildman–Crippen LogP) is 1.64. The quantitative estimate of drug-likeness (QED) is 0.695. The molecule has 2 aliphatic rings. The second-order valence-electron chi connectivity index (χ2n) is 7.25. The van der Waals surface area contributed by atoms with Gasteiger partial charge in [0.1, 0.15) is 18.0 Å². The molecule has 0 spiro atoms. The van der Waals surface area contributed by atoms with E-state index >= 15 is 0 Å². The molecule has 0 aromatic carbocycles. The highest BCUT2D eigenvalue weighted by atomic mass is 15.3. The number of rotatable bonds is 2. The summed E-state index contributed by atoms with van der Waals surface area (Å²) in [5.41, 5.74) is 1.85. The SMILES string of the molecule is Cc1cc(N2CCC3CCN(c4nccn5c(C)nnc45)C3C2)ncn1. The van der Waals surface area contributed by atoms with Gasteiger partial charge >= 0.3 is 0 Å². The fourth-order valence-electron chi connectivity index (χ4n) is 4.36. The zero-order valence-corrected chi connectivity index (χ0v) is 15.1. The average molecular weight is 350 g/mol. The highest BCUT2D eigenvalue weighted by Crippen LogP contribution is 2.36. The summed E-state index contributed by atoms with van der Waals surface area (Å²) in [6, 6.07) is 2.50. The predicted molar refractivity (Wildman–Crippen MR) is 98.4 cm³/mol. The number of hydrogen-bond acceptors (Lipinski definition) is 7. The van der Waals surface area contributed by atoms with Gasteiger partial charge in [-0.05, 0) is 32.6 Å². The van der Waals surface area contributed by atoms with E-state index in [0.29, 0.717) is 12.0 Å². The molecular weight excluding hydrogens is 328 g/mol. The third kappa shape index (κ3) is 2.40. The van der Waals surface area contributed by atoms with Crippen molar-refractivity contribution in [3.8, 4) is 0 Å². The first kappa shape index (κ1) is 15.5. The highest BCUT2D eigenvalue weighted by molar-refractivity contribution is 5.65. The fourth-order valence-corrected chi connectivity index (χ4v) is 4.36. The van der Waals surface area contributed by atoms with Crippen LogP contribution in [0.25, 0.3) is 5.65 Å². The lowest BCUT2D eigenvalue weighted by atomic mass is 9.92. The van der Waals surface area contributed by atoms with Crippen molar-refractivity contribution in [1.29, 1.82) is 0 Å². The van der Waals surface area contributed by atoms with Crippen LogP contribution in [0.1, 0.15) is 24.4 Å². The van der Waals surface area contributed by atoms with Crippen LogP contribution in [0.15, 0.2) is 24.8 Å². The Morgan fingerprint density at radius 3 is 2.81 bits per heavy atom. The minimum atomic E-state index is 0.426. The Hall–Kier alpha value is -2.77. The second-order valence-corrected chi connectivity index (χ2v) is 7.25. The van der Waals surface area contributed by atoms with Gasteiger partial charge in [-0.1, -0.05) is 0 Å². The van der Waals surface area contributed by atoms with Gasteiger partial charge in [-0.3, -0.25) is 4.40 Å². The Balaban J connectivity index is 1.48. The van der Waals surface area contributed by atoms with Crippen molar-refractivity contribution in [3.63, 3.8) is 0 Å². The van der Waals surface area contributed by atoms with E-state index in [4.69, 9.17) is 0 Å². The van der Waals surface area contributed by atoms with Gasteiger partial charge in [-0.15, -0.1) is 10.2 Å². The van der Waals surface area contributed by atoms with Crippen LogP contribution in [0.2, 0.25) is 0 Å². The Labute approximate surface area is 151 Å². The number of anilines is 2. The van der Waals surface area contributed by atoms with Crippen molar-refractivity contribution < 1.29 is 0 Å². The van der Waals surface area contributed by atoms with Crippen LogP contribution in [-0.2, 0) is 0 Å². The smallest absolute Gasteiger partial charge is 0.203 e. The Morgan fingerprint density at radius 1 is 1.04 bits per heavy atom. The van der Waals surface area contributed by atoms with E-state index in [1.165, 1.54) is 12.8 Å². The Bertz CT molecular complexity index is 951. The molecule has 134 valence electrons. The molecule has 2 unspecified atom stereocenters. The summed E-state index contributed by atoms with van der Waals surface area (Å²) in [5.74, 6) is 3.55. The van der Waals surface area contributed by atoms with E-state index in [9.17, 15) is 0 Å². The lowest BCUT2D eigenvalue weighted by Gasteiger charge is -2.39. The maximum absolute atomic E-state index is 4.66. The molecule has 5 rings (SSSR count). The van der Waals surface area contributed by atoms with Crippen molar-refractivity contribution in [2.45, 2.75) is 32.7 Å². The van der Waals surface area contributed by atoms with Gasteiger partial charge in [-0.25, -0.2) is 15.0 Å². The molecule has 0 radical (unpaired) electrons. The molecule has 26 heavy (non-hydrogen) atoms. The maximum atomic E-state index is 4.66. The summed E-state index contributed by atoms with van der Waals surface area (Å²) in [4.78, 5) is 18.2. The van der Waals surface area contributed by atoms with Crippen molar-refractivity contribution in [2.75, 3.05) is 29.4 Å². The van der Waals surface area contributed by atoms with Gasteiger partial charge in [-0.2, -0.15) is 0 Å². The summed E-state index contributed by atoms with van der Waals surface area (Å²) in [6.45, 7) is 7.00. The molecule has 8 heteroatoms. The van der Waals surface area contributed by atoms with E-state index in [1.807, 2.05) is 30.6 Å². The summed E-state index contributed by atoms with van der Waals surface area (Å²) in [7, 11) is 0. The van der Waals surface area contributed by atoms with E-state index < -0.39 is 0 Å². The molecule has 2 atom stereocenters. The van der Waals surface area contributed by atoms with Crippen LogP contribution in [0.5, 0.6) is 0 Å². The standard InChI is InChI=1S/C18H22N8/c1-12-9-16(21-11-20-12)24-6-3-14-4-7-26(15(14)10-24)17-18-23-22-13(2)25(18)8-5-19-17/h5,8-9,11,14-15H,3-4,6-7,10H2,1-2H3. The minimum absolute atomic E-state index is 0.426. The summed E-state index contributed by atoms with van der Waals surface area (Å²) in [5, 5.41) is 8.59. The number of fused-ring (bicyclic) bond motifs is 2. The maximum Gasteiger partial charge on any atom is 0.203 e. The Kier molecular flexibility index (Phi) is 3.51. The molecule has 0 saturated carbocycles. The molecule has 3 aromatic heterocycles. The zero-order valence-electron chi connectivity index (χ0n) is 15.1. The van der Waals surface area contributed by atoms with Crippen molar-refractivity contribution in [1.82, 2.24) is 29.5 Å². The molecule has 2 fully saturated rings. The number of piperidine rings is 1. The molecule has 0 aliphatic carbocycles. The van der Waals surface area contributed by atoms with E-state index in [1.54, 1.807) is 6.33 Å². The van der Waals surface area contributed by atoms with E-state index in [0.717, 1.165) is 48.4 Å². The summed E-state index contributed by atoms with van der Waals surface area (Å²) >= 11 is 0. The van der Waals surface area contributed by atoms with Crippen molar-refractivity contribution in [3.05, 3.63) is 36.3 Å². The third-order valence-corrected chi connectivity index (χ3v) is 5.73. The number of hydrogen-bond donors (Lipinski definition) is 0. The first-order valence-corrected chi connectivity index (χ1v) is 9.17. The second kappa shape index (κ2) is 5.89. The van der Waals surface area contributed by atoms with Gasteiger partial charge < -0.3 is 9.80 Å². The molecular formula is C18H22N8. The van der Waals surface area contributed by atoms with Gasteiger partial charge in [0.05, 0.1) is 6.04 Å². The van der Waals surface area contributed by atoms with E-state index in [-0.39, 0.29) is 0 Å². The normalized spacial score (nSPS) is 22.8. The summed E-state index contributed by atoms with van der Waals surface area (Å²) in [6.07, 6.45) is 7.82. The molecule has 2 saturated heterocycles. The van der Waals surface area contributed by atoms with Crippen LogP contribution in [0, 0.1) is 19.8 Å². The molecule has 0 amide bonds. The van der Waals surface area contributed by atoms with Crippen molar-refractivity contribution in [2.24, 2.45) is 5.92 Å². The Morgan fingerprint density at radius 2 is 1.92 bits per heavy atom. The lowest BCUT2D eigenvalue weighted by Crippen LogP contribution is -2.49. The topological polar surface area (TPSA) is 75.3 Å². The van der Waals surface area contributed by atoms with Crippen LogP contribution in [0.3, 0.4) is 0 Å². The van der Waals surface area contributed by atoms with Gasteiger partial charge in [0.15, 0.2) is 5.82 Å². The first-order chi connectivity index (χ1) is 12.7. The fraction of sp³-hybridized carbons (Fsp3) is 0.500. The van der Waals surface area contributed by atoms with E-state index in [2.05, 4.69) is 41.0 Å². The molecule has 5 heterocycles. The largest absolute Gasteiger partial charge is 0.354 e. The molecule has 0 bridgehead atoms. The third-order valence-electron chi connectivity index (χ3n) is 5.73. The number of nitrogens with zero attached hydrogens (tertiary/aromatic N) is 8. The zero-order chi connectivity index (χ0) is 17.7. The summed E-state index contributed by atoms with van der Waals surface area (Å²) < 4.78 is 2.02. The minimum Gasteiger partial charge on any atom is -0.354 e. The van der Waals surface area contributed by atoms with Crippen molar-refractivity contribution >= 4 is 17.3 Å². The molecule has 2 aliphatic heterocycles. The molecule has 0 N–H and O–H groups in total. The molecule has 3 aromatic rings. The number of aryl methyl sites for hydroxylation is 2. The van der Waals surface area contributed by atoms with Crippen LogP contribution < -0.4 is 9.80 Å². The van der Waals surface area contributed by atoms with Gasteiger partial charge in [0.2, 0.25) is 5.65 Å². The average Bonchev–Trinajstić information content (AvgIpc) is 3.25. The molecule has 8 nitrogen and oxygen atoms in total. The van der Waals surface area contributed by atoms with Gasteiger partial charge in [0.25, 0.3) is 0 Å². The lowest BCUT2D eigenvalue weighted by molar-refractivity contribution is 0.388. The van der Waals surface area contributed by atoms with Crippen LogP contribution >= 0.6 is 0 Å². The first-order valence-electron chi connectivity index (χ1n) is 9.17. The van der Waals surface area contributed by atoms with Crippen LogP contribution in [-0.4, -0.2) is 55.2 Å². The van der Waals surface area contributed by atoms with Gasteiger partial charge in [0, 0.05) is 43.8 Å².